The van der Waals surface area contributed by atoms with Gasteiger partial charge in [-0.05, 0) is 25.5 Å². The number of hydrogen-bond donors (Lipinski definition) is 0. The lowest BCUT2D eigenvalue weighted by molar-refractivity contribution is 0.479. The van der Waals surface area contributed by atoms with Crippen LogP contribution >= 0.6 is 0 Å². The number of guanidine groups is 1. The van der Waals surface area contributed by atoms with Crippen LogP contribution in [-0.4, -0.2) is 48.9 Å². The summed E-state index contributed by atoms with van der Waals surface area (Å²) in [6.07, 6.45) is 0. The van der Waals surface area contributed by atoms with E-state index in [1.165, 1.54) is 5.56 Å². The molecule has 0 unspecified atom stereocenters. The van der Waals surface area contributed by atoms with Gasteiger partial charge >= 0.3 is 0 Å². The first-order valence-corrected chi connectivity index (χ1v) is 5.74. The maximum absolute atomic E-state index is 4.57. The molecule has 4 heteroatoms. The summed E-state index contributed by atoms with van der Waals surface area (Å²) < 4.78 is 0. The molecule has 0 bridgehead atoms. The number of aliphatic imine (C=N–C) groups is 1. The van der Waals surface area contributed by atoms with E-state index in [0.29, 0.717) is 6.54 Å². The van der Waals surface area contributed by atoms with E-state index in [-0.39, 0.29) is 0 Å². The Morgan fingerprint density at radius 2 is 1.71 bits per heavy atom. The van der Waals surface area contributed by atoms with Gasteiger partial charge in [-0.15, -0.1) is 0 Å². The van der Waals surface area contributed by atoms with Crippen LogP contribution < -0.4 is 0 Å². The Kier molecular flexibility index (Phi) is 4.49. The number of rotatable bonds is 2. The van der Waals surface area contributed by atoms with E-state index in [0.717, 1.165) is 17.3 Å². The summed E-state index contributed by atoms with van der Waals surface area (Å²) in [5.41, 5.74) is 3.31. The van der Waals surface area contributed by atoms with Gasteiger partial charge in [-0.25, -0.2) is 4.99 Å². The molecule has 0 fully saturated rings. The van der Waals surface area contributed by atoms with E-state index in [1.54, 1.807) is 0 Å². The first-order chi connectivity index (χ1) is 7.91. The monoisotopic (exact) mass is 234 g/mol. The average molecular weight is 234 g/mol. The van der Waals surface area contributed by atoms with Crippen molar-refractivity contribution in [2.75, 3.05) is 28.2 Å². The zero-order valence-corrected chi connectivity index (χ0v) is 11.7. The molecular formula is C13H22N4. The molecule has 1 aromatic rings. The Balaban J connectivity index is 2.83. The lowest BCUT2D eigenvalue weighted by Crippen LogP contribution is -2.35. The van der Waals surface area contributed by atoms with Crippen molar-refractivity contribution in [1.29, 1.82) is 0 Å². The molecule has 0 N–H and O–H groups in total. The third-order valence-corrected chi connectivity index (χ3v) is 2.59. The van der Waals surface area contributed by atoms with Crippen molar-refractivity contribution < 1.29 is 0 Å². The summed E-state index contributed by atoms with van der Waals surface area (Å²) in [6, 6.07) is 4.13. The van der Waals surface area contributed by atoms with Crippen molar-refractivity contribution in [3.63, 3.8) is 0 Å². The molecule has 0 atom stereocenters. The van der Waals surface area contributed by atoms with E-state index in [2.05, 4.69) is 23.0 Å². The molecule has 1 aromatic heterocycles. The van der Waals surface area contributed by atoms with E-state index >= 15 is 0 Å². The summed E-state index contributed by atoms with van der Waals surface area (Å²) in [4.78, 5) is 13.1. The maximum Gasteiger partial charge on any atom is 0.195 e. The van der Waals surface area contributed by atoms with Crippen molar-refractivity contribution in [2.45, 2.75) is 20.4 Å². The fourth-order valence-electron chi connectivity index (χ4n) is 1.61. The molecule has 0 saturated heterocycles. The summed E-state index contributed by atoms with van der Waals surface area (Å²) in [5.74, 6) is 0.949. The van der Waals surface area contributed by atoms with Crippen LogP contribution in [0.1, 0.15) is 17.0 Å². The molecule has 4 nitrogen and oxygen atoms in total. The topological polar surface area (TPSA) is 31.7 Å². The van der Waals surface area contributed by atoms with Gasteiger partial charge in [0.25, 0.3) is 0 Å². The van der Waals surface area contributed by atoms with Gasteiger partial charge in [0, 0.05) is 33.9 Å². The number of aryl methyl sites for hydroxylation is 2. The molecule has 0 amide bonds. The van der Waals surface area contributed by atoms with Crippen molar-refractivity contribution in [2.24, 2.45) is 4.99 Å². The molecule has 1 rings (SSSR count). The van der Waals surface area contributed by atoms with Crippen LogP contribution in [0.5, 0.6) is 0 Å². The third-order valence-electron chi connectivity index (χ3n) is 2.59. The number of nitrogens with zero attached hydrogens (tertiary/aromatic N) is 4. The third kappa shape index (κ3) is 3.73. The summed E-state index contributed by atoms with van der Waals surface area (Å²) in [5, 5.41) is 0. The molecular weight excluding hydrogens is 212 g/mol. The van der Waals surface area contributed by atoms with Gasteiger partial charge in [0.1, 0.15) is 0 Å². The standard InChI is InChI=1S/C13H22N4/c1-10-7-8-12(15-11(10)2)9-14-13(16(3)4)17(5)6/h7-8H,9H2,1-6H3. The summed E-state index contributed by atoms with van der Waals surface area (Å²) in [6.45, 7) is 4.72. The molecule has 0 aliphatic rings. The Labute approximate surface area is 104 Å². The first-order valence-electron chi connectivity index (χ1n) is 5.74. The SMILES string of the molecule is Cc1ccc(CN=C(N(C)C)N(C)C)nc1C. The second kappa shape index (κ2) is 5.66. The van der Waals surface area contributed by atoms with Gasteiger partial charge < -0.3 is 9.80 Å². The van der Waals surface area contributed by atoms with E-state index in [4.69, 9.17) is 0 Å². The van der Waals surface area contributed by atoms with Crippen LogP contribution in [0.15, 0.2) is 17.1 Å². The minimum Gasteiger partial charge on any atom is -0.349 e. The van der Waals surface area contributed by atoms with Crippen LogP contribution in [0, 0.1) is 13.8 Å². The predicted molar refractivity (Wildman–Crippen MR) is 72.2 cm³/mol. The molecule has 0 saturated carbocycles. The smallest absolute Gasteiger partial charge is 0.195 e. The lowest BCUT2D eigenvalue weighted by Gasteiger charge is -2.22. The van der Waals surface area contributed by atoms with Crippen LogP contribution in [0.3, 0.4) is 0 Å². The zero-order chi connectivity index (χ0) is 13.0. The molecule has 94 valence electrons. The molecule has 0 spiro atoms. The Hall–Kier alpha value is -1.58. The van der Waals surface area contributed by atoms with Gasteiger partial charge in [-0.2, -0.15) is 0 Å². The molecule has 0 aliphatic heterocycles. The van der Waals surface area contributed by atoms with Crippen molar-refractivity contribution in [3.8, 4) is 0 Å². The van der Waals surface area contributed by atoms with Gasteiger partial charge in [0.2, 0.25) is 0 Å². The summed E-state index contributed by atoms with van der Waals surface area (Å²) >= 11 is 0. The number of hydrogen-bond acceptors (Lipinski definition) is 2. The number of pyridine rings is 1. The van der Waals surface area contributed by atoms with E-state index in [1.807, 2.05) is 51.0 Å². The van der Waals surface area contributed by atoms with Gasteiger partial charge in [0.15, 0.2) is 5.96 Å². The van der Waals surface area contributed by atoms with Gasteiger partial charge in [-0.1, -0.05) is 6.07 Å². The lowest BCUT2D eigenvalue weighted by atomic mass is 10.2. The largest absolute Gasteiger partial charge is 0.349 e. The second-order valence-corrected chi connectivity index (χ2v) is 4.61. The highest BCUT2D eigenvalue weighted by atomic mass is 15.3. The minimum atomic E-state index is 0.618. The fourth-order valence-corrected chi connectivity index (χ4v) is 1.61. The van der Waals surface area contributed by atoms with Gasteiger partial charge in [-0.3, -0.25) is 4.98 Å². The summed E-state index contributed by atoms with van der Waals surface area (Å²) in [7, 11) is 7.97. The fraction of sp³-hybridized carbons (Fsp3) is 0.538. The van der Waals surface area contributed by atoms with E-state index < -0.39 is 0 Å². The minimum absolute atomic E-state index is 0.618. The molecule has 0 aliphatic carbocycles. The normalized spacial score (nSPS) is 10.0. The van der Waals surface area contributed by atoms with Gasteiger partial charge in [0.05, 0.1) is 12.2 Å². The van der Waals surface area contributed by atoms with Crippen molar-refractivity contribution >= 4 is 5.96 Å². The number of aromatic nitrogens is 1. The van der Waals surface area contributed by atoms with Crippen molar-refractivity contribution in [3.05, 3.63) is 29.1 Å². The van der Waals surface area contributed by atoms with Crippen LogP contribution in [-0.2, 0) is 6.54 Å². The highest BCUT2D eigenvalue weighted by Crippen LogP contribution is 2.06. The van der Waals surface area contributed by atoms with Crippen LogP contribution in [0.4, 0.5) is 0 Å². The molecule has 1 heterocycles. The second-order valence-electron chi connectivity index (χ2n) is 4.61. The molecule has 17 heavy (non-hydrogen) atoms. The maximum atomic E-state index is 4.57. The quantitative estimate of drug-likeness (QED) is 0.576. The predicted octanol–water partition coefficient (Wildman–Crippen LogP) is 1.68. The Bertz CT molecular complexity index is 398. The molecule has 0 radical (unpaired) electrons. The van der Waals surface area contributed by atoms with Crippen LogP contribution in [0.25, 0.3) is 0 Å². The Morgan fingerprint density at radius 1 is 1.12 bits per heavy atom. The zero-order valence-electron chi connectivity index (χ0n) is 11.7. The van der Waals surface area contributed by atoms with Crippen molar-refractivity contribution in [1.82, 2.24) is 14.8 Å². The Morgan fingerprint density at radius 3 is 2.18 bits per heavy atom. The van der Waals surface area contributed by atoms with E-state index in [9.17, 15) is 0 Å². The molecule has 0 aromatic carbocycles. The first kappa shape index (κ1) is 13.5. The average Bonchev–Trinajstić information content (AvgIpc) is 2.22. The highest BCUT2D eigenvalue weighted by molar-refractivity contribution is 5.79. The van der Waals surface area contributed by atoms with Crippen LogP contribution in [0.2, 0.25) is 0 Å². The highest BCUT2D eigenvalue weighted by Gasteiger charge is 2.04.